The van der Waals surface area contributed by atoms with Crippen molar-refractivity contribution in [1.82, 2.24) is 10.6 Å². The van der Waals surface area contributed by atoms with Crippen LogP contribution in [0.2, 0.25) is 0 Å². The second kappa shape index (κ2) is 4.44. The monoisotopic (exact) mass is 253 g/mol. The van der Waals surface area contributed by atoms with Crippen molar-refractivity contribution in [2.24, 2.45) is 0 Å². The fourth-order valence-electron chi connectivity index (χ4n) is 1.59. The van der Waals surface area contributed by atoms with E-state index in [0.717, 1.165) is 18.2 Å². The minimum Gasteiger partial charge on any atom is -0.543 e. The average Bonchev–Trinajstić information content (AvgIpc) is 2.27. The third-order valence-corrected chi connectivity index (χ3v) is 2.39. The van der Waals surface area contributed by atoms with Gasteiger partial charge in [-0.05, 0) is 12.1 Å². The van der Waals surface area contributed by atoms with Gasteiger partial charge >= 0.3 is 6.03 Å². The number of carbonyl (C=O) groups excluding carboxylic acids is 2. The van der Waals surface area contributed by atoms with E-state index in [0.29, 0.717) is 6.07 Å². The van der Waals surface area contributed by atoms with E-state index in [4.69, 9.17) is 0 Å². The van der Waals surface area contributed by atoms with E-state index in [1.165, 1.54) is 0 Å². The highest BCUT2D eigenvalue weighted by Crippen LogP contribution is 2.21. The zero-order valence-corrected chi connectivity index (χ0v) is 8.87. The highest BCUT2D eigenvalue weighted by molar-refractivity contribution is 5.92. The van der Waals surface area contributed by atoms with Gasteiger partial charge in [-0.25, -0.2) is 13.6 Å². The number of halogens is 2. The fourth-order valence-corrected chi connectivity index (χ4v) is 1.59. The van der Waals surface area contributed by atoms with Crippen molar-refractivity contribution in [2.45, 2.75) is 6.04 Å². The number of nitrogens with one attached hydrogen (secondary N) is 2. The number of benzene rings is 1. The SMILES string of the molecule is O=C1NC(C(=O)[O-])=C[C@@H](c2ccc(F)cc2F)N1. The van der Waals surface area contributed by atoms with Gasteiger partial charge in [-0.15, -0.1) is 0 Å². The number of hydrogen-bond donors (Lipinski definition) is 2. The van der Waals surface area contributed by atoms with Crippen LogP contribution in [-0.4, -0.2) is 12.0 Å². The van der Waals surface area contributed by atoms with Crippen molar-refractivity contribution in [3.63, 3.8) is 0 Å². The predicted molar refractivity (Wildman–Crippen MR) is 53.9 cm³/mol. The molecule has 2 amide bonds. The van der Waals surface area contributed by atoms with Crippen LogP contribution in [0.4, 0.5) is 13.6 Å². The van der Waals surface area contributed by atoms with E-state index in [9.17, 15) is 23.5 Å². The molecule has 1 aromatic rings. The first-order chi connectivity index (χ1) is 8.47. The zero-order valence-electron chi connectivity index (χ0n) is 8.87. The van der Waals surface area contributed by atoms with Crippen molar-refractivity contribution in [3.05, 3.63) is 47.2 Å². The third-order valence-electron chi connectivity index (χ3n) is 2.39. The first kappa shape index (κ1) is 12.0. The van der Waals surface area contributed by atoms with Crippen molar-refractivity contribution in [3.8, 4) is 0 Å². The molecular formula is C11H7F2N2O3-. The number of carboxylic acid groups (broad SMARTS) is 1. The zero-order chi connectivity index (χ0) is 13.3. The van der Waals surface area contributed by atoms with Crippen molar-refractivity contribution < 1.29 is 23.5 Å². The van der Waals surface area contributed by atoms with Gasteiger partial charge in [0.1, 0.15) is 11.6 Å². The second-order valence-corrected chi connectivity index (χ2v) is 3.61. The summed E-state index contributed by atoms with van der Waals surface area (Å²) < 4.78 is 26.2. The number of amides is 2. The van der Waals surface area contributed by atoms with Crippen LogP contribution in [0.25, 0.3) is 0 Å². The predicted octanol–water partition coefficient (Wildman–Crippen LogP) is -0.0475. The lowest BCUT2D eigenvalue weighted by Gasteiger charge is -2.24. The molecule has 1 aliphatic heterocycles. The standard InChI is InChI=1S/C11H8F2N2O3/c12-5-1-2-6(7(13)3-5)8-4-9(10(16)17)15-11(18)14-8/h1-4,8H,(H,16,17)(H2,14,15,18)/p-1/t8-/m0/s1. The normalized spacial score (nSPS) is 18.7. The average molecular weight is 253 g/mol. The van der Waals surface area contributed by atoms with E-state index < -0.39 is 35.4 Å². The van der Waals surface area contributed by atoms with Crippen LogP contribution in [-0.2, 0) is 4.79 Å². The van der Waals surface area contributed by atoms with E-state index >= 15 is 0 Å². The van der Waals surface area contributed by atoms with Crippen molar-refractivity contribution in [1.29, 1.82) is 0 Å². The number of urea groups is 1. The molecule has 2 N–H and O–H groups in total. The smallest absolute Gasteiger partial charge is 0.320 e. The van der Waals surface area contributed by atoms with Crippen LogP contribution >= 0.6 is 0 Å². The highest BCUT2D eigenvalue weighted by Gasteiger charge is 2.22. The molecule has 1 heterocycles. The summed E-state index contributed by atoms with van der Waals surface area (Å²) >= 11 is 0. The van der Waals surface area contributed by atoms with Gasteiger partial charge in [-0.3, -0.25) is 0 Å². The summed E-state index contributed by atoms with van der Waals surface area (Å²) in [6, 6.07) is 0.997. The number of carbonyl (C=O) groups is 2. The summed E-state index contributed by atoms with van der Waals surface area (Å²) in [5, 5.41) is 14.9. The Kier molecular flexibility index (Phi) is 2.97. The van der Waals surface area contributed by atoms with Crippen molar-refractivity contribution >= 4 is 12.0 Å². The lowest BCUT2D eigenvalue weighted by atomic mass is 10.0. The second-order valence-electron chi connectivity index (χ2n) is 3.61. The Labute approximate surface area is 100 Å². The Balaban J connectivity index is 2.40. The largest absolute Gasteiger partial charge is 0.543 e. The molecule has 0 fully saturated rings. The Hall–Kier alpha value is -2.44. The van der Waals surface area contributed by atoms with Gasteiger partial charge in [-0.2, -0.15) is 0 Å². The number of rotatable bonds is 2. The molecule has 0 bridgehead atoms. The molecule has 1 aliphatic rings. The lowest BCUT2D eigenvalue weighted by Crippen LogP contribution is -2.46. The summed E-state index contributed by atoms with van der Waals surface area (Å²) in [5.74, 6) is -3.23. The molecule has 0 unspecified atom stereocenters. The van der Waals surface area contributed by atoms with E-state index in [1.807, 2.05) is 5.32 Å². The maximum absolute atomic E-state index is 13.5. The molecule has 1 aromatic carbocycles. The topological polar surface area (TPSA) is 81.3 Å². The van der Waals surface area contributed by atoms with E-state index in [1.54, 1.807) is 0 Å². The molecular weight excluding hydrogens is 246 g/mol. The number of carboxylic acids is 1. The minimum atomic E-state index is -1.59. The molecule has 5 nitrogen and oxygen atoms in total. The highest BCUT2D eigenvalue weighted by atomic mass is 19.1. The van der Waals surface area contributed by atoms with E-state index in [2.05, 4.69) is 5.32 Å². The van der Waals surface area contributed by atoms with Gasteiger partial charge < -0.3 is 20.5 Å². The molecule has 94 valence electrons. The molecule has 2 rings (SSSR count). The van der Waals surface area contributed by atoms with Crippen LogP contribution in [0.15, 0.2) is 30.0 Å². The molecule has 0 saturated heterocycles. The van der Waals surface area contributed by atoms with Gasteiger partial charge in [0.2, 0.25) is 0 Å². The first-order valence-corrected chi connectivity index (χ1v) is 4.93. The molecule has 1 atom stereocenters. The number of aliphatic carboxylic acids is 1. The van der Waals surface area contributed by atoms with Gasteiger partial charge in [-0.1, -0.05) is 6.07 Å². The maximum Gasteiger partial charge on any atom is 0.320 e. The summed E-state index contributed by atoms with van der Waals surface area (Å²) in [6.07, 6.45) is 1.08. The Morgan fingerprint density at radius 3 is 2.67 bits per heavy atom. The van der Waals surface area contributed by atoms with E-state index in [-0.39, 0.29) is 5.56 Å². The van der Waals surface area contributed by atoms with Crippen LogP contribution in [0.5, 0.6) is 0 Å². The minimum absolute atomic E-state index is 0.0370. The lowest BCUT2D eigenvalue weighted by molar-refractivity contribution is -0.299. The van der Waals surface area contributed by atoms with Gasteiger partial charge in [0, 0.05) is 11.6 Å². The molecule has 7 heteroatoms. The fraction of sp³-hybridized carbons (Fsp3) is 0.0909. The Morgan fingerprint density at radius 1 is 1.33 bits per heavy atom. The molecule has 0 aliphatic carbocycles. The summed E-state index contributed by atoms with van der Waals surface area (Å²) in [7, 11) is 0. The summed E-state index contributed by atoms with van der Waals surface area (Å²) in [4.78, 5) is 21.8. The van der Waals surface area contributed by atoms with Crippen LogP contribution in [0.3, 0.4) is 0 Å². The van der Waals surface area contributed by atoms with Gasteiger partial charge in [0.25, 0.3) is 0 Å². The molecule has 0 radical (unpaired) electrons. The molecule has 0 spiro atoms. The molecule has 0 saturated carbocycles. The Morgan fingerprint density at radius 2 is 2.06 bits per heavy atom. The third kappa shape index (κ3) is 2.29. The van der Waals surface area contributed by atoms with Gasteiger partial charge in [0.05, 0.1) is 17.7 Å². The number of hydrogen-bond acceptors (Lipinski definition) is 3. The first-order valence-electron chi connectivity index (χ1n) is 4.93. The van der Waals surface area contributed by atoms with Gasteiger partial charge in [0.15, 0.2) is 0 Å². The molecule has 18 heavy (non-hydrogen) atoms. The quantitative estimate of drug-likeness (QED) is 0.775. The van der Waals surface area contributed by atoms with Crippen LogP contribution in [0.1, 0.15) is 11.6 Å². The Bertz CT molecular complexity index is 557. The maximum atomic E-state index is 13.5. The summed E-state index contributed by atoms with van der Waals surface area (Å²) in [6.45, 7) is 0. The van der Waals surface area contributed by atoms with Crippen LogP contribution in [0, 0.1) is 11.6 Å². The van der Waals surface area contributed by atoms with Crippen LogP contribution < -0.4 is 15.7 Å². The van der Waals surface area contributed by atoms with Crippen molar-refractivity contribution in [2.75, 3.05) is 0 Å². The summed E-state index contributed by atoms with van der Waals surface area (Å²) in [5.41, 5.74) is -0.502. The molecule has 0 aromatic heterocycles.